The number of carbonyl (C=O) groups is 1. The number of rotatable bonds is 1. The van der Waals surface area contributed by atoms with Gasteiger partial charge in [0, 0.05) is 0 Å². The first-order valence-corrected chi connectivity index (χ1v) is 3.52. The Morgan fingerprint density at radius 3 is 2.30 bits per heavy atom. The molecule has 3 nitrogen and oxygen atoms in total. The minimum Gasteiger partial charge on any atom is -0.481 e. The Morgan fingerprint density at radius 1 is 1.50 bits per heavy atom. The second-order valence-corrected chi connectivity index (χ2v) is 3.05. The van der Waals surface area contributed by atoms with Gasteiger partial charge >= 0.3 is 5.97 Å². The first kappa shape index (κ1) is 7.54. The van der Waals surface area contributed by atoms with Crippen LogP contribution in [-0.4, -0.2) is 22.3 Å². The Morgan fingerprint density at radius 2 is 2.10 bits per heavy atom. The van der Waals surface area contributed by atoms with Crippen molar-refractivity contribution in [1.29, 1.82) is 0 Å². The van der Waals surface area contributed by atoms with Gasteiger partial charge in [-0.25, -0.2) is 0 Å². The van der Waals surface area contributed by atoms with Crippen molar-refractivity contribution in [2.75, 3.05) is 0 Å². The van der Waals surface area contributed by atoms with Gasteiger partial charge in [0.1, 0.15) is 0 Å². The fourth-order valence-electron chi connectivity index (χ4n) is 1.43. The van der Waals surface area contributed by atoms with E-state index in [4.69, 9.17) is 10.2 Å². The van der Waals surface area contributed by atoms with E-state index in [9.17, 15) is 4.79 Å². The number of carboxylic acid groups (broad SMARTS) is 1. The maximum atomic E-state index is 10.4. The highest BCUT2D eigenvalue weighted by Crippen LogP contribution is 2.30. The van der Waals surface area contributed by atoms with Gasteiger partial charge in [-0.2, -0.15) is 0 Å². The van der Waals surface area contributed by atoms with Crippen LogP contribution in [0.25, 0.3) is 0 Å². The average molecular weight is 144 g/mol. The predicted molar refractivity (Wildman–Crippen MR) is 35.5 cm³/mol. The summed E-state index contributed by atoms with van der Waals surface area (Å²) >= 11 is 0. The number of carboxylic acids is 1. The zero-order valence-electron chi connectivity index (χ0n) is 5.95. The topological polar surface area (TPSA) is 57.5 Å². The first-order chi connectivity index (χ1) is 4.61. The van der Waals surface area contributed by atoms with Crippen molar-refractivity contribution < 1.29 is 15.0 Å². The van der Waals surface area contributed by atoms with Gasteiger partial charge < -0.3 is 10.2 Å². The second kappa shape index (κ2) is 2.58. The summed E-state index contributed by atoms with van der Waals surface area (Å²) in [6.07, 6.45) is 0.647. The van der Waals surface area contributed by atoms with E-state index >= 15 is 0 Å². The summed E-state index contributed by atoms with van der Waals surface area (Å²) in [5, 5.41) is 17.7. The van der Waals surface area contributed by atoms with Crippen LogP contribution in [-0.2, 0) is 4.79 Å². The van der Waals surface area contributed by atoms with E-state index in [2.05, 4.69) is 0 Å². The molecule has 3 atom stereocenters. The van der Waals surface area contributed by atoms with Crippen molar-refractivity contribution in [2.45, 2.75) is 25.9 Å². The van der Waals surface area contributed by atoms with Crippen molar-refractivity contribution in [3.8, 4) is 0 Å². The fraction of sp³-hybridized carbons (Fsp3) is 0.857. The molecule has 2 N–H and O–H groups in total. The van der Waals surface area contributed by atoms with Gasteiger partial charge in [0.2, 0.25) is 0 Å². The van der Waals surface area contributed by atoms with Gasteiger partial charge in [-0.1, -0.05) is 6.92 Å². The molecule has 0 heterocycles. The Bertz CT molecular complexity index is 134. The SMILES string of the molecule is CC1CC(C(=O)O)CC1O. The van der Waals surface area contributed by atoms with E-state index in [1.807, 2.05) is 6.92 Å². The van der Waals surface area contributed by atoms with Crippen LogP contribution in [0.4, 0.5) is 0 Å². The molecule has 1 aliphatic rings. The third kappa shape index (κ3) is 1.29. The minimum absolute atomic E-state index is 0.154. The summed E-state index contributed by atoms with van der Waals surface area (Å²) in [7, 11) is 0. The van der Waals surface area contributed by atoms with E-state index in [1.165, 1.54) is 0 Å². The lowest BCUT2D eigenvalue weighted by Crippen LogP contribution is -2.10. The predicted octanol–water partition coefficient (Wildman–Crippen LogP) is 0.478. The molecule has 10 heavy (non-hydrogen) atoms. The van der Waals surface area contributed by atoms with Crippen LogP contribution in [0.5, 0.6) is 0 Å². The highest BCUT2D eigenvalue weighted by Gasteiger charge is 2.33. The Balaban J connectivity index is 2.49. The Kier molecular flexibility index (Phi) is 1.94. The van der Waals surface area contributed by atoms with Crippen LogP contribution in [0.3, 0.4) is 0 Å². The van der Waals surface area contributed by atoms with Gasteiger partial charge in [0.15, 0.2) is 0 Å². The molecule has 0 aliphatic heterocycles. The summed E-state index contributed by atoms with van der Waals surface area (Å²) in [5.74, 6) is -0.936. The van der Waals surface area contributed by atoms with E-state index in [1.54, 1.807) is 0 Å². The highest BCUT2D eigenvalue weighted by molar-refractivity contribution is 5.70. The number of hydrogen-bond acceptors (Lipinski definition) is 2. The number of aliphatic hydroxyl groups is 1. The summed E-state index contributed by atoms with van der Waals surface area (Å²) in [4.78, 5) is 10.4. The molecular formula is C7H12O3. The van der Waals surface area contributed by atoms with E-state index in [-0.39, 0.29) is 11.8 Å². The molecule has 1 fully saturated rings. The first-order valence-electron chi connectivity index (χ1n) is 3.52. The maximum absolute atomic E-state index is 10.4. The Hall–Kier alpha value is -0.570. The molecule has 0 spiro atoms. The monoisotopic (exact) mass is 144 g/mol. The molecule has 3 heteroatoms. The number of aliphatic hydroxyl groups excluding tert-OH is 1. The molecule has 0 amide bonds. The number of aliphatic carboxylic acids is 1. The van der Waals surface area contributed by atoms with Gasteiger partial charge in [0.05, 0.1) is 12.0 Å². The molecule has 3 unspecified atom stereocenters. The zero-order valence-corrected chi connectivity index (χ0v) is 5.95. The summed E-state index contributed by atoms with van der Waals surface area (Å²) in [6.45, 7) is 1.88. The van der Waals surface area contributed by atoms with Gasteiger partial charge in [-0.3, -0.25) is 4.79 Å². The molecule has 58 valence electrons. The van der Waals surface area contributed by atoms with Crippen LogP contribution in [0.2, 0.25) is 0 Å². The average Bonchev–Trinajstić information content (AvgIpc) is 2.13. The van der Waals surface area contributed by atoms with Gasteiger partial charge in [0.25, 0.3) is 0 Å². The lowest BCUT2D eigenvalue weighted by atomic mass is 10.1. The van der Waals surface area contributed by atoms with Crippen molar-refractivity contribution in [1.82, 2.24) is 0 Å². The molecule has 0 aromatic heterocycles. The molecule has 1 rings (SSSR count). The maximum Gasteiger partial charge on any atom is 0.306 e. The fourth-order valence-corrected chi connectivity index (χ4v) is 1.43. The quantitative estimate of drug-likeness (QED) is 0.562. The standard InChI is InChI=1S/C7H12O3/c1-4-2-5(7(9)10)3-6(4)8/h4-6,8H,2-3H2,1H3,(H,9,10). The number of hydrogen-bond donors (Lipinski definition) is 2. The van der Waals surface area contributed by atoms with Crippen LogP contribution in [0, 0.1) is 11.8 Å². The van der Waals surface area contributed by atoms with E-state index < -0.39 is 12.1 Å². The van der Waals surface area contributed by atoms with Crippen LogP contribution in [0.1, 0.15) is 19.8 Å². The highest BCUT2D eigenvalue weighted by atomic mass is 16.4. The second-order valence-electron chi connectivity index (χ2n) is 3.05. The molecule has 0 bridgehead atoms. The van der Waals surface area contributed by atoms with E-state index in [0.29, 0.717) is 12.8 Å². The zero-order chi connectivity index (χ0) is 7.72. The van der Waals surface area contributed by atoms with E-state index in [0.717, 1.165) is 0 Å². The van der Waals surface area contributed by atoms with Crippen LogP contribution >= 0.6 is 0 Å². The lowest BCUT2D eigenvalue weighted by Gasteiger charge is -2.03. The van der Waals surface area contributed by atoms with Crippen LogP contribution < -0.4 is 0 Å². The summed E-state index contributed by atoms with van der Waals surface area (Å²) in [6, 6.07) is 0. The van der Waals surface area contributed by atoms with Crippen molar-refractivity contribution in [3.63, 3.8) is 0 Å². The van der Waals surface area contributed by atoms with Gasteiger partial charge in [-0.15, -0.1) is 0 Å². The largest absolute Gasteiger partial charge is 0.481 e. The van der Waals surface area contributed by atoms with Crippen molar-refractivity contribution in [2.24, 2.45) is 11.8 Å². The molecular weight excluding hydrogens is 132 g/mol. The summed E-state index contributed by atoms with van der Waals surface area (Å²) in [5.41, 5.74) is 0. The Labute approximate surface area is 59.7 Å². The molecule has 0 saturated heterocycles. The summed E-state index contributed by atoms with van der Waals surface area (Å²) < 4.78 is 0. The third-order valence-corrected chi connectivity index (χ3v) is 2.19. The molecule has 0 radical (unpaired) electrons. The smallest absolute Gasteiger partial charge is 0.306 e. The van der Waals surface area contributed by atoms with Crippen LogP contribution in [0.15, 0.2) is 0 Å². The molecule has 1 aliphatic carbocycles. The molecule has 0 aromatic rings. The lowest BCUT2D eigenvalue weighted by molar-refractivity contribution is -0.141. The third-order valence-electron chi connectivity index (χ3n) is 2.19. The molecule has 0 aromatic carbocycles. The normalized spacial score (nSPS) is 40.0. The molecule has 1 saturated carbocycles. The van der Waals surface area contributed by atoms with Crippen molar-refractivity contribution in [3.05, 3.63) is 0 Å². The van der Waals surface area contributed by atoms with Crippen molar-refractivity contribution >= 4 is 5.97 Å². The van der Waals surface area contributed by atoms with Gasteiger partial charge in [-0.05, 0) is 18.8 Å². The minimum atomic E-state index is -0.775.